The first-order valence-corrected chi connectivity index (χ1v) is 8.11. The van der Waals surface area contributed by atoms with Gasteiger partial charge < -0.3 is 4.57 Å². The smallest absolute Gasteiger partial charge is 0.262 e. The van der Waals surface area contributed by atoms with Gasteiger partial charge in [-0.3, -0.25) is 0 Å². The summed E-state index contributed by atoms with van der Waals surface area (Å²) in [6.45, 7) is 2.46. The summed E-state index contributed by atoms with van der Waals surface area (Å²) in [5, 5.41) is 0.676. The maximum absolute atomic E-state index is 12.4. The number of thioether (sulfide) groups is 1. The highest BCUT2D eigenvalue weighted by molar-refractivity contribution is 8.00. The number of fused-ring (bicyclic) bond motifs is 2. The average Bonchev–Trinajstić information content (AvgIpc) is 2.95. The number of rotatable bonds is 2. The van der Waals surface area contributed by atoms with Crippen molar-refractivity contribution in [2.75, 3.05) is 12.3 Å². The lowest BCUT2D eigenvalue weighted by Gasteiger charge is -2.24. The molecule has 2 aliphatic rings. The van der Waals surface area contributed by atoms with Crippen molar-refractivity contribution in [1.29, 1.82) is 0 Å². The number of hydrogen-bond acceptors (Lipinski definition) is 4. The molecule has 0 N–H and O–H groups in total. The van der Waals surface area contributed by atoms with Crippen molar-refractivity contribution in [2.45, 2.75) is 29.7 Å². The Hall–Kier alpha value is -0.530. The predicted molar refractivity (Wildman–Crippen MR) is 66.5 cm³/mol. The van der Waals surface area contributed by atoms with Crippen LogP contribution in [0.25, 0.3) is 0 Å². The summed E-state index contributed by atoms with van der Waals surface area (Å²) in [7, 11) is -1.57. The normalized spacial score (nSPS) is 29.1. The summed E-state index contributed by atoms with van der Waals surface area (Å²) in [4.78, 5) is 4.14. The van der Waals surface area contributed by atoms with Gasteiger partial charge in [0.25, 0.3) is 10.0 Å². The monoisotopic (exact) mass is 273 g/mol. The third-order valence-corrected chi connectivity index (χ3v) is 6.69. The van der Waals surface area contributed by atoms with Crippen LogP contribution in [0.1, 0.15) is 12.2 Å². The highest BCUT2D eigenvalue weighted by Crippen LogP contribution is 2.40. The molecule has 0 saturated carbocycles. The van der Waals surface area contributed by atoms with E-state index in [1.54, 1.807) is 15.1 Å². The molecular weight excluding hydrogens is 258 g/mol. The fraction of sp³-hybridized carbons (Fsp3) is 0.700. The molecule has 2 bridgehead atoms. The highest BCUT2D eigenvalue weighted by atomic mass is 32.2. The van der Waals surface area contributed by atoms with Crippen LogP contribution in [0.15, 0.2) is 11.2 Å². The molecule has 0 aromatic carbocycles. The van der Waals surface area contributed by atoms with Crippen LogP contribution in [0.5, 0.6) is 0 Å². The standard InChI is InChI=1S/C10H15N3O2S2/c1-7-11-10(5-12(7)2)17(14,15)13-4-9-3-8(13)6-16-9/h5,8-9H,3-4,6H2,1-2H3. The summed E-state index contributed by atoms with van der Waals surface area (Å²) in [6, 6.07) is 0.178. The van der Waals surface area contributed by atoms with Crippen LogP contribution in [-0.2, 0) is 17.1 Å². The zero-order valence-electron chi connectivity index (χ0n) is 9.83. The first-order valence-electron chi connectivity index (χ1n) is 5.62. The van der Waals surface area contributed by atoms with Gasteiger partial charge in [-0.2, -0.15) is 16.1 Å². The van der Waals surface area contributed by atoms with Crippen LogP contribution in [-0.4, -0.2) is 45.9 Å². The lowest BCUT2D eigenvalue weighted by molar-refractivity contribution is 0.408. The van der Waals surface area contributed by atoms with E-state index in [-0.39, 0.29) is 11.1 Å². The Balaban J connectivity index is 1.96. The lowest BCUT2D eigenvalue weighted by atomic mass is 10.3. The second kappa shape index (κ2) is 3.73. The van der Waals surface area contributed by atoms with Crippen molar-refractivity contribution in [2.24, 2.45) is 7.05 Å². The van der Waals surface area contributed by atoms with E-state index in [2.05, 4.69) is 4.98 Å². The highest BCUT2D eigenvalue weighted by Gasteiger charge is 2.45. The number of nitrogens with zero attached hydrogens (tertiary/aromatic N) is 3. The van der Waals surface area contributed by atoms with E-state index in [9.17, 15) is 8.42 Å². The van der Waals surface area contributed by atoms with Gasteiger partial charge in [0.2, 0.25) is 0 Å². The summed E-state index contributed by atoms with van der Waals surface area (Å²) >= 11 is 1.88. The molecule has 3 heterocycles. The topological polar surface area (TPSA) is 55.2 Å². The predicted octanol–water partition coefficient (Wildman–Crippen LogP) is 0.607. The molecule has 0 radical (unpaired) electrons. The third kappa shape index (κ3) is 1.71. The second-order valence-electron chi connectivity index (χ2n) is 4.66. The number of aryl methyl sites for hydroxylation is 2. The Kier molecular flexibility index (Phi) is 2.53. The van der Waals surface area contributed by atoms with E-state index < -0.39 is 10.0 Å². The molecule has 7 heteroatoms. The molecule has 2 unspecified atom stereocenters. The van der Waals surface area contributed by atoms with Gasteiger partial charge in [-0.1, -0.05) is 0 Å². The fourth-order valence-corrected chi connectivity index (χ4v) is 5.76. The zero-order chi connectivity index (χ0) is 12.2. The molecule has 2 aliphatic heterocycles. The second-order valence-corrected chi connectivity index (χ2v) is 7.83. The Morgan fingerprint density at radius 3 is 2.76 bits per heavy atom. The molecule has 2 atom stereocenters. The van der Waals surface area contributed by atoms with Crippen molar-refractivity contribution in [3.05, 3.63) is 12.0 Å². The number of hydrogen-bond donors (Lipinski definition) is 0. The summed E-state index contributed by atoms with van der Waals surface area (Å²) in [6.07, 6.45) is 2.60. The molecule has 94 valence electrons. The Labute approximate surface area is 105 Å². The molecular formula is C10H15N3O2S2. The maximum atomic E-state index is 12.4. The van der Waals surface area contributed by atoms with Crippen molar-refractivity contribution in [3.8, 4) is 0 Å². The van der Waals surface area contributed by atoms with Crippen molar-refractivity contribution in [1.82, 2.24) is 13.9 Å². The van der Waals surface area contributed by atoms with Gasteiger partial charge in [0.15, 0.2) is 5.03 Å². The average molecular weight is 273 g/mol. The van der Waals surface area contributed by atoms with Crippen LogP contribution in [0.2, 0.25) is 0 Å². The van der Waals surface area contributed by atoms with Crippen molar-refractivity contribution >= 4 is 21.8 Å². The van der Waals surface area contributed by atoms with Gasteiger partial charge in [-0.25, -0.2) is 13.4 Å². The first kappa shape index (κ1) is 11.6. The molecule has 17 heavy (non-hydrogen) atoms. The third-order valence-electron chi connectivity index (χ3n) is 3.51. The molecule has 0 amide bonds. The Bertz CT molecular complexity index is 532. The molecule has 5 nitrogen and oxygen atoms in total. The van der Waals surface area contributed by atoms with Crippen molar-refractivity contribution in [3.63, 3.8) is 0 Å². The summed E-state index contributed by atoms with van der Waals surface area (Å²) in [5.41, 5.74) is 0. The van der Waals surface area contributed by atoms with E-state index >= 15 is 0 Å². The number of aromatic nitrogens is 2. The van der Waals surface area contributed by atoms with Crippen LogP contribution in [0.4, 0.5) is 0 Å². The van der Waals surface area contributed by atoms with Gasteiger partial charge in [0, 0.05) is 36.8 Å². The van der Waals surface area contributed by atoms with Gasteiger partial charge in [0.05, 0.1) is 0 Å². The van der Waals surface area contributed by atoms with E-state index in [0.717, 1.165) is 18.0 Å². The van der Waals surface area contributed by atoms with E-state index in [1.165, 1.54) is 0 Å². The largest absolute Gasteiger partial charge is 0.337 e. The van der Waals surface area contributed by atoms with Crippen LogP contribution in [0, 0.1) is 6.92 Å². The molecule has 1 aromatic heterocycles. The van der Waals surface area contributed by atoms with Crippen LogP contribution >= 0.6 is 11.8 Å². The molecule has 1 aromatic rings. The summed E-state index contributed by atoms with van der Waals surface area (Å²) in [5.74, 6) is 1.65. The van der Waals surface area contributed by atoms with Gasteiger partial charge in [0.1, 0.15) is 5.82 Å². The number of imidazole rings is 1. The van der Waals surface area contributed by atoms with E-state index in [4.69, 9.17) is 0 Å². The van der Waals surface area contributed by atoms with E-state index in [1.807, 2.05) is 25.7 Å². The van der Waals surface area contributed by atoms with Crippen LogP contribution < -0.4 is 0 Å². The SMILES string of the molecule is Cc1nc(S(=O)(=O)N2CC3CC2CS3)cn1C. The molecule has 2 saturated heterocycles. The summed E-state index contributed by atoms with van der Waals surface area (Å²) < 4.78 is 28.2. The fourth-order valence-electron chi connectivity index (χ4n) is 2.43. The molecule has 0 aliphatic carbocycles. The lowest BCUT2D eigenvalue weighted by Crippen LogP contribution is -2.39. The molecule has 3 rings (SSSR count). The minimum absolute atomic E-state index is 0.178. The minimum Gasteiger partial charge on any atom is -0.337 e. The minimum atomic E-state index is -3.38. The van der Waals surface area contributed by atoms with Crippen molar-refractivity contribution < 1.29 is 8.42 Å². The Morgan fingerprint density at radius 2 is 2.29 bits per heavy atom. The van der Waals surface area contributed by atoms with Gasteiger partial charge in [-0.05, 0) is 13.3 Å². The van der Waals surface area contributed by atoms with Gasteiger partial charge >= 0.3 is 0 Å². The maximum Gasteiger partial charge on any atom is 0.262 e. The van der Waals surface area contributed by atoms with Gasteiger partial charge in [-0.15, -0.1) is 0 Å². The zero-order valence-corrected chi connectivity index (χ0v) is 11.5. The number of sulfonamides is 1. The quantitative estimate of drug-likeness (QED) is 0.792. The first-order chi connectivity index (χ1) is 7.98. The van der Waals surface area contributed by atoms with E-state index in [0.29, 0.717) is 11.8 Å². The Morgan fingerprint density at radius 1 is 1.53 bits per heavy atom. The van der Waals surface area contributed by atoms with Crippen LogP contribution in [0.3, 0.4) is 0 Å². The molecule has 2 fully saturated rings. The molecule has 0 spiro atoms.